The first-order valence-electron chi connectivity index (χ1n) is 3.95. The molecule has 0 amide bonds. The Hall–Kier alpha value is -1.61. The van der Waals surface area contributed by atoms with Crippen LogP contribution in [0.3, 0.4) is 0 Å². The summed E-state index contributed by atoms with van der Waals surface area (Å²) in [4.78, 5) is 14.8. The highest BCUT2D eigenvalue weighted by Gasteiger charge is 2.09. The van der Waals surface area contributed by atoms with Crippen molar-refractivity contribution in [2.45, 2.75) is 0 Å². The lowest BCUT2D eigenvalue weighted by molar-refractivity contribution is 0.0699. The molecule has 1 aromatic heterocycles. The highest BCUT2D eigenvalue weighted by Crippen LogP contribution is 2.25. The molecule has 0 saturated carbocycles. The number of halogens is 1. The number of hydrogen-bond acceptors (Lipinski definition) is 2. The number of benzene rings is 1. The predicted molar refractivity (Wildman–Crippen MR) is 53.7 cm³/mol. The minimum atomic E-state index is -0.960. The number of carboxylic acids is 1. The van der Waals surface area contributed by atoms with Crippen LogP contribution in [0.25, 0.3) is 10.8 Å². The van der Waals surface area contributed by atoms with Crippen LogP contribution >= 0.6 is 11.6 Å². The molecule has 0 bridgehead atoms. The van der Waals surface area contributed by atoms with E-state index in [0.29, 0.717) is 15.8 Å². The van der Waals surface area contributed by atoms with Gasteiger partial charge in [0.05, 0.1) is 5.56 Å². The number of aromatic carboxylic acids is 1. The van der Waals surface area contributed by atoms with Crippen molar-refractivity contribution in [2.24, 2.45) is 0 Å². The summed E-state index contributed by atoms with van der Waals surface area (Å²) in [7, 11) is 0. The number of hydrogen-bond donors (Lipinski definition) is 1. The molecule has 4 heteroatoms. The van der Waals surface area contributed by atoms with Crippen LogP contribution in [0.15, 0.2) is 30.6 Å². The fourth-order valence-electron chi connectivity index (χ4n) is 1.34. The largest absolute Gasteiger partial charge is 0.478 e. The van der Waals surface area contributed by atoms with Crippen molar-refractivity contribution in [1.29, 1.82) is 0 Å². The predicted octanol–water partition coefficient (Wildman–Crippen LogP) is 2.59. The molecule has 2 aromatic rings. The summed E-state index contributed by atoms with van der Waals surface area (Å²) in [6, 6.07) is 4.70. The van der Waals surface area contributed by atoms with Crippen molar-refractivity contribution in [1.82, 2.24) is 4.98 Å². The smallest absolute Gasteiger partial charge is 0.336 e. The maximum Gasteiger partial charge on any atom is 0.336 e. The molecule has 0 aliphatic carbocycles. The normalized spacial score (nSPS) is 10.4. The van der Waals surface area contributed by atoms with Crippen LogP contribution in [0.2, 0.25) is 5.02 Å². The molecule has 1 N–H and O–H groups in total. The summed E-state index contributed by atoms with van der Waals surface area (Å²) in [6.07, 6.45) is 3.11. The molecule has 0 aliphatic heterocycles. The highest BCUT2D eigenvalue weighted by atomic mass is 35.5. The lowest BCUT2D eigenvalue weighted by atomic mass is 10.1. The van der Waals surface area contributed by atoms with Gasteiger partial charge < -0.3 is 5.11 Å². The third-order valence-electron chi connectivity index (χ3n) is 2.00. The molecule has 0 radical (unpaired) electrons. The SMILES string of the molecule is O=C(O)c1ccc(Cl)c2cnccc12. The third-order valence-corrected chi connectivity index (χ3v) is 2.32. The Bertz CT molecular complexity index is 510. The molecule has 0 saturated heterocycles. The second-order valence-electron chi connectivity index (χ2n) is 2.82. The molecule has 0 atom stereocenters. The molecular weight excluding hydrogens is 202 g/mol. The molecule has 1 aromatic carbocycles. The van der Waals surface area contributed by atoms with Crippen molar-refractivity contribution < 1.29 is 9.90 Å². The summed E-state index contributed by atoms with van der Waals surface area (Å²) in [6.45, 7) is 0. The van der Waals surface area contributed by atoms with Gasteiger partial charge in [0.15, 0.2) is 0 Å². The molecule has 70 valence electrons. The van der Waals surface area contributed by atoms with Crippen LogP contribution in [-0.4, -0.2) is 16.1 Å². The number of nitrogens with zero attached hydrogens (tertiary/aromatic N) is 1. The van der Waals surface area contributed by atoms with Gasteiger partial charge in [-0.25, -0.2) is 4.79 Å². The molecule has 14 heavy (non-hydrogen) atoms. The van der Waals surface area contributed by atoms with Crippen LogP contribution in [0.1, 0.15) is 10.4 Å². The Labute approximate surface area is 85.0 Å². The molecule has 2 rings (SSSR count). The van der Waals surface area contributed by atoms with Crippen LogP contribution in [0, 0.1) is 0 Å². The van der Waals surface area contributed by atoms with Gasteiger partial charge >= 0.3 is 5.97 Å². The average Bonchev–Trinajstić information content (AvgIpc) is 2.18. The average molecular weight is 208 g/mol. The van der Waals surface area contributed by atoms with E-state index >= 15 is 0 Å². The summed E-state index contributed by atoms with van der Waals surface area (Å²) in [5, 5.41) is 10.7. The summed E-state index contributed by atoms with van der Waals surface area (Å²) in [5.74, 6) is -0.960. The van der Waals surface area contributed by atoms with E-state index in [4.69, 9.17) is 16.7 Å². The van der Waals surface area contributed by atoms with E-state index < -0.39 is 5.97 Å². The van der Waals surface area contributed by atoms with Crippen molar-refractivity contribution in [2.75, 3.05) is 0 Å². The highest BCUT2D eigenvalue weighted by molar-refractivity contribution is 6.36. The molecular formula is C10H6ClNO2. The van der Waals surface area contributed by atoms with Gasteiger partial charge in [0.2, 0.25) is 0 Å². The molecule has 1 heterocycles. The lowest BCUT2D eigenvalue weighted by Crippen LogP contribution is -1.97. The fourth-order valence-corrected chi connectivity index (χ4v) is 1.56. The van der Waals surface area contributed by atoms with Gasteiger partial charge in [-0.15, -0.1) is 0 Å². The van der Waals surface area contributed by atoms with E-state index in [9.17, 15) is 4.79 Å². The zero-order chi connectivity index (χ0) is 10.1. The van der Waals surface area contributed by atoms with Gasteiger partial charge in [0.25, 0.3) is 0 Å². The monoisotopic (exact) mass is 207 g/mol. The van der Waals surface area contributed by atoms with E-state index in [1.807, 2.05) is 0 Å². The summed E-state index contributed by atoms with van der Waals surface area (Å²) in [5.41, 5.74) is 0.242. The van der Waals surface area contributed by atoms with Crippen LogP contribution in [-0.2, 0) is 0 Å². The fraction of sp³-hybridized carbons (Fsp3) is 0. The van der Waals surface area contributed by atoms with Crippen molar-refractivity contribution in [3.8, 4) is 0 Å². The summed E-state index contributed by atoms with van der Waals surface area (Å²) >= 11 is 5.90. The Balaban J connectivity index is 2.88. The van der Waals surface area contributed by atoms with Gasteiger partial charge in [0, 0.05) is 28.2 Å². The minimum Gasteiger partial charge on any atom is -0.478 e. The Morgan fingerprint density at radius 3 is 2.79 bits per heavy atom. The quantitative estimate of drug-likeness (QED) is 0.782. The zero-order valence-corrected chi connectivity index (χ0v) is 7.82. The molecule has 0 aliphatic rings. The first-order valence-corrected chi connectivity index (χ1v) is 4.33. The van der Waals surface area contributed by atoms with Crippen LogP contribution < -0.4 is 0 Å². The van der Waals surface area contributed by atoms with Gasteiger partial charge in [-0.3, -0.25) is 4.98 Å². The number of carbonyl (C=O) groups is 1. The topological polar surface area (TPSA) is 50.2 Å². The Kier molecular flexibility index (Phi) is 2.09. The van der Waals surface area contributed by atoms with E-state index in [1.165, 1.54) is 6.07 Å². The number of aromatic nitrogens is 1. The Morgan fingerprint density at radius 2 is 2.07 bits per heavy atom. The van der Waals surface area contributed by atoms with E-state index in [-0.39, 0.29) is 5.56 Å². The standard InChI is InChI=1S/C10H6ClNO2/c11-9-2-1-7(10(13)14)6-3-4-12-5-8(6)9/h1-5H,(H,13,14). The first-order chi connectivity index (χ1) is 6.70. The van der Waals surface area contributed by atoms with E-state index in [0.717, 1.165) is 0 Å². The van der Waals surface area contributed by atoms with Crippen molar-refractivity contribution >= 4 is 28.3 Å². The number of pyridine rings is 1. The second-order valence-corrected chi connectivity index (χ2v) is 3.23. The second kappa shape index (κ2) is 3.27. The number of fused-ring (bicyclic) bond motifs is 1. The lowest BCUT2D eigenvalue weighted by Gasteiger charge is -2.02. The van der Waals surface area contributed by atoms with E-state index in [2.05, 4.69) is 4.98 Å². The van der Waals surface area contributed by atoms with Gasteiger partial charge in [-0.1, -0.05) is 11.6 Å². The minimum absolute atomic E-state index is 0.242. The third kappa shape index (κ3) is 1.32. The van der Waals surface area contributed by atoms with Crippen LogP contribution in [0.4, 0.5) is 0 Å². The van der Waals surface area contributed by atoms with Crippen molar-refractivity contribution in [3.63, 3.8) is 0 Å². The first kappa shape index (κ1) is 8.97. The van der Waals surface area contributed by atoms with Crippen LogP contribution in [0.5, 0.6) is 0 Å². The maximum absolute atomic E-state index is 10.9. The molecule has 0 spiro atoms. The number of carboxylic acid groups (broad SMARTS) is 1. The zero-order valence-electron chi connectivity index (χ0n) is 7.07. The van der Waals surface area contributed by atoms with E-state index in [1.54, 1.807) is 24.5 Å². The van der Waals surface area contributed by atoms with Gasteiger partial charge in [-0.2, -0.15) is 0 Å². The Morgan fingerprint density at radius 1 is 1.29 bits per heavy atom. The maximum atomic E-state index is 10.9. The molecule has 0 fully saturated rings. The molecule has 0 unspecified atom stereocenters. The van der Waals surface area contributed by atoms with Crippen molar-refractivity contribution in [3.05, 3.63) is 41.2 Å². The number of rotatable bonds is 1. The van der Waals surface area contributed by atoms with Gasteiger partial charge in [-0.05, 0) is 18.2 Å². The molecule has 3 nitrogen and oxygen atoms in total. The summed E-state index contributed by atoms with van der Waals surface area (Å²) < 4.78 is 0. The van der Waals surface area contributed by atoms with Gasteiger partial charge in [0.1, 0.15) is 0 Å².